The molecule has 0 spiro atoms. The summed E-state index contributed by atoms with van der Waals surface area (Å²) in [7, 11) is 1.58. The normalized spacial score (nSPS) is 14.3. The Balaban J connectivity index is 3.86. The Morgan fingerprint density at radius 1 is 1.90 bits per heavy atom. The first-order chi connectivity index (χ1) is 4.70. The fourth-order valence-electron chi connectivity index (χ4n) is 0.526. The molecule has 1 unspecified atom stereocenters. The van der Waals surface area contributed by atoms with Gasteiger partial charge in [0, 0.05) is 7.11 Å². The van der Waals surface area contributed by atoms with Crippen molar-refractivity contribution >= 4 is 5.84 Å². The van der Waals surface area contributed by atoms with Crippen molar-refractivity contribution in [1.82, 2.24) is 0 Å². The highest BCUT2D eigenvalue weighted by molar-refractivity contribution is 5.77. The molecule has 3 nitrogen and oxygen atoms in total. The summed E-state index contributed by atoms with van der Waals surface area (Å²) in [4.78, 5) is 3.92. The van der Waals surface area contributed by atoms with Crippen molar-refractivity contribution in [1.29, 1.82) is 0 Å². The van der Waals surface area contributed by atoms with Crippen LogP contribution in [0.3, 0.4) is 0 Å². The zero-order chi connectivity index (χ0) is 7.98. The summed E-state index contributed by atoms with van der Waals surface area (Å²) >= 11 is 0. The molecular weight excluding hydrogens is 128 g/mol. The predicted molar refractivity (Wildman–Crippen MR) is 41.8 cm³/mol. The number of methoxy groups -OCH3 is 1. The van der Waals surface area contributed by atoms with Crippen LogP contribution >= 0.6 is 0 Å². The first-order valence-electron chi connectivity index (χ1n) is 2.95. The second-order valence-corrected chi connectivity index (χ2v) is 1.91. The monoisotopic (exact) mass is 140 g/mol. The minimum Gasteiger partial charge on any atom is -0.388 e. The maximum absolute atomic E-state index is 5.30. The topological polar surface area (TPSA) is 47.6 Å². The van der Waals surface area contributed by atoms with Gasteiger partial charge in [-0.1, -0.05) is 5.92 Å². The summed E-state index contributed by atoms with van der Waals surface area (Å²) in [6, 6.07) is -0.241. The third-order valence-corrected chi connectivity index (χ3v) is 0.876. The van der Waals surface area contributed by atoms with Gasteiger partial charge in [-0.2, -0.15) is 0 Å². The van der Waals surface area contributed by atoms with Crippen molar-refractivity contribution in [2.75, 3.05) is 13.7 Å². The van der Waals surface area contributed by atoms with Crippen molar-refractivity contribution in [3.8, 4) is 12.3 Å². The molecule has 0 heterocycles. The van der Waals surface area contributed by atoms with Crippen LogP contribution in [0, 0.1) is 12.3 Å². The van der Waals surface area contributed by atoms with E-state index >= 15 is 0 Å². The number of amidine groups is 1. The number of nitrogens with zero attached hydrogens (tertiary/aromatic N) is 1. The van der Waals surface area contributed by atoms with Crippen LogP contribution in [-0.4, -0.2) is 25.6 Å². The maximum atomic E-state index is 5.30. The number of ether oxygens (including phenoxy) is 1. The van der Waals surface area contributed by atoms with Crippen LogP contribution in [0.25, 0.3) is 0 Å². The van der Waals surface area contributed by atoms with Gasteiger partial charge in [-0.3, -0.25) is 4.99 Å². The molecule has 1 atom stereocenters. The van der Waals surface area contributed by atoms with Crippen molar-refractivity contribution in [2.24, 2.45) is 10.7 Å². The van der Waals surface area contributed by atoms with E-state index in [-0.39, 0.29) is 6.04 Å². The van der Waals surface area contributed by atoms with Crippen LogP contribution in [-0.2, 0) is 4.74 Å². The SMILES string of the molecule is C#CC(COC)N=C(C)N. The maximum Gasteiger partial charge on any atom is 0.135 e. The quantitative estimate of drug-likeness (QED) is 0.341. The lowest BCUT2D eigenvalue weighted by molar-refractivity contribution is 0.194. The summed E-state index contributed by atoms with van der Waals surface area (Å²) < 4.78 is 4.79. The average molecular weight is 140 g/mol. The minimum absolute atomic E-state index is 0.241. The number of aliphatic imine (C=N–C) groups is 1. The molecule has 0 aromatic heterocycles. The molecule has 3 heteroatoms. The van der Waals surface area contributed by atoms with Crippen LogP contribution in [0.5, 0.6) is 0 Å². The molecule has 56 valence electrons. The van der Waals surface area contributed by atoms with Gasteiger partial charge in [-0.15, -0.1) is 6.42 Å². The molecule has 0 aliphatic carbocycles. The van der Waals surface area contributed by atoms with Gasteiger partial charge in [0.25, 0.3) is 0 Å². The van der Waals surface area contributed by atoms with Crippen molar-refractivity contribution in [3.05, 3.63) is 0 Å². The van der Waals surface area contributed by atoms with Crippen LogP contribution in [0.2, 0.25) is 0 Å². The number of nitrogens with two attached hydrogens (primary N) is 1. The van der Waals surface area contributed by atoms with Gasteiger partial charge in [0.1, 0.15) is 6.04 Å². The minimum atomic E-state index is -0.241. The summed E-state index contributed by atoms with van der Waals surface area (Å²) in [6.07, 6.45) is 5.11. The zero-order valence-electron chi connectivity index (χ0n) is 6.29. The molecule has 0 amide bonds. The van der Waals surface area contributed by atoms with Gasteiger partial charge in [0.15, 0.2) is 0 Å². The van der Waals surface area contributed by atoms with Gasteiger partial charge in [-0.05, 0) is 6.92 Å². The molecule has 2 N–H and O–H groups in total. The van der Waals surface area contributed by atoms with E-state index < -0.39 is 0 Å². The first kappa shape index (κ1) is 8.99. The molecule has 0 fully saturated rings. The number of hydrogen-bond donors (Lipinski definition) is 1. The zero-order valence-corrected chi connectivity index (χ0v) is 6.29. The third kappa shape index (κ3) is 3.93. The Morgan fingerprint density at radius 3 is 2.80 bits per heavy atom. The largest absolute Gasteiger partial charge is 0.388 e. The van der Waals surface area contributed by atoms with Crippen LogP contribution in [0.4, 0.5) is 0 Å². The Morgan fingerprint density at radius 2 is 2.50 bits per heavy atom. The van der Waals surface area contributed by atoms with Gasteiger partial charge in [0.05, 0.1) is 12.4 Å². The molecule has 0 aromatic carbocycles. The lowest BCUT2D eigenvalue weighted by Crippen LogP contribution is -2.15. The second-order valence-electron chi connectivity index (χ2n) is 1.91. The molecule has 0 rings (SSSR count). The third-order valence-electron chi connectivity index (χ3n) is 0.876. The summed E-state index contributed by atoms with van der Waals surface area (Å²) in [5, 5.41) is 0. The average Bonchev–Trinajstić information content (AvgIpc) is 1.86. The smallest absolute Gasteiger partial charge is 0.135 e. The fourth-order valence-corrected chi connectivity index (χ4v) is 0.526. The lowest BCUT2D eigenvalue weighted by Gasteiger charge is -2.02. The van der Waals surface area contributed by atoms with Gasteiger partial charge in [0.2, 0.25) is 0 Å². The molecule has 10 heavy (non-hydrogen) atoms. The second kappa shape index (κ2) is 4.83. The molecule has 0 aliphatic rings. The highest BCUT2D eigenvalue weighted by atomic mass is 16.5. The number of hydrogen-bond acceptors (Lipinski definition) is 2. The van der Waals surface area contributed by atoms with Crippen molar-refractivity contribution < 1.29 is 4.74 Å². The first-order valence-corrected chi connectivity index (χ1v) is 2.95. The Bertz CT molecular complexity index is 153. The standard InChI is InChI=1S/C7H12N2O/c1-4-7(5-10-3)9-6(2)8/h1,7H,5H2,2-3H3,(H2,8,9). The fraction of sp³-hybridized carbons (Fsp3) is 0.571. The van der Waals surface area contributed by atoms with E-state index in [9.17, 15) is 0 Å². The van der Waals surface area contributed by atoms with E-state index in [0.29, 0.717) is 12.4 Å². The van der Waals surface area contributed by atoms with E-state index in [2.05, 4.69) is 10.9 Å². The van der Waals surface area contributed by atoms with Crippen molar-refractivity contribution in [2.45, 2.75) is 13.0 Å². The van der Waals surface area contributed by atoms with E-state index in [1.807, 2.05) is 0 Å². The molecule has 0 aromatic rings. The van der Waals surface area contributed by atoms with Crippen LogP contribution < -0.4 is 5.73 Å². The van der Waals surface area contributed by atoms with Gasteiger partial charge < -0.3 is 10.5 Å². The Kier molecular flexibility index (Phi) is 4.34. The summed E-state index contributed by atoms with van der Waals surface area (Å²) in [5.74, 6) is 2.93. The van der Waals surface area contributed by atoms with E-state index in [0.717, 1.165) is 0 Å². The molecule has 0 bridgehead atoms. The Labute approximate surface area is 61.3 Å². The lowest BCUT2D eigenvalue weighted by atomic mass is 10.3. The van der Waals surface area contributed by atoms with Crippen molar-refractivity contribution in [3.63, 3.8) is 0 Å². The van der Waals surface area contributed by atoms with Crippen LogP contribution in [0.15, 0.2) is 4.99 Å². The Hall–Kier alpha value is -1.01. The van der Waals surface area contributed by atoms with E-state index in [1.54, 1.807) is 14.0 Å². The van der Waals surface area contributed by atoms with E-state index in [1.165, 1.54) is 0 Å². The predicted octanol–water partition coefficient (Wildman–Crippen LogP) is 0.0117. The number of terminal acetylenes is 1. The summed E-state index contributed by atoms with van der Waals surface area (Å²) in [5.41, 5.74) is 5.30. The number of rotatable bonds is 3. The molecule has 0 radical (unpaired) electrons. The van der Waals surface area contributed by atoms with Crippen LogP contribution in [0.1, 0.15) is 6.92 Å². The molecule has 0 saturated carbocycles. The molecule has 0 saturated heterocycles. The molecule has 0 aliphatic heterocycles. The van der Waals surface area contributed by atoms with Gasteiger partial charge in [-0.25, -0.2) is 0 Å². The molecular formula is C7H12N2O. The van der Waals surface area contributed by atoms with E-state index in [4.69, 9.17) is 16.9 Å². The highest BCUT2D eigenvalue weighted by Gasteiger charge is 1.98. The summed E-state index contributed by atoms with van der Waals surface area (Å²) in [6.45, 7) is 2.12. The highest BCUT2D eigenvalue weighted by Crippen LogP contribution is 1.88. The van der Waals surface area contributed by atoms with Gasteiger partial charge >= 0.3 is 0 Å².